The molecule has 1 saturated carbocycles. The average molecular weight is 314 g/mol. The second-order valence-corrected chi connectivity index (χ2v) is 6.01. The molecule has 1 amide bonds. The highest BCUT2D eigenvalue weighted by molar-refractivity contribution is 5.81. The van der Waals surface area contributed by atoms with Crippen molar-refractivity contribution in [3.05, 3.63) is 33.9 Å². The topological polar surface area (TPSA) is 90.5 Å². The highest BCUT2D eigenvalue weighted by atomic mass is 16.6. The summed E-state index contributed by atoms with van der Waals surface area (Å²) in [4.78, 5) is 26.8. The summed E-state index contributed by atoms with van der Waals surface area (Å²) in [5, 5.41) is 20.2. The zero-order chi connectivity index (χ0) is 16.4. The van der Waals surface area contributed by atoms with Crippen LogP contribution in [0.25, 0.3) is 0 Å². The molecule has 1 aliphatic carbocycles. The highest BCUT2D eigenvalue weighted by Gasteiger charge is 2.34. The molecule has 1 aliphatic heterocycles. The molecule has 0 N–H and O–H groups in total. The molecule has 0 spiro atoms. The highest BCUT2D eigenvalue weighted by Crippen LogP contribution is 2.33. The lowest BCUT2D eigenvalue weighted by Crippen LogP contribution is -2.36. The standard InChI is InChI=1S/C16H18N4O3/c17-11-12-2-5-14(15(10-12)20(22)23)18-6-1-7-19(9-8-18)16(21)13-3-4-13/h2,5,10,13H,1,3-4,6-9H2. The van der Waals surface area contributed by atoms with Crippen LogP contribution in [0.4, 0.5) is 11.4 Å². The maximum Gasteiger partial charge on any atom is 0.293 e. The Balaban J connectivity index is 1.78. The van der Waals surface area contributed by atoms with E-state index in [0.29, 0.717) is 31.9 Å². The average Bonchev–Trinajstić information content (AvgIpc) is 3.40. The number of nitrogens with zero attached hydrogens (tertiary/aromatic N) is 4. The van der Waals surface area contributed by atoms with Crippen molar-refractivity contribution >= 4 is 17.3 Å². The molecule has 120 valence electrons. The maximum atomic E-state index is 12.2. The first-order valence-electron chi connectivity index (χ1n) is 7.82. The molecule has 3 rings (SSSR count). The van der Waals surface area contributed by atoms with Gasteiger partial charge in [-0.2, -0.15) is 5.26 Å². The predicted molar refractivity (Wildman–Crippen MR) is 83.9 cm³/mol. The zero-order valence-electron chi connectivity index (χ0n) is 12.8. The quantitative estimate of drug-likeness (QED) is 0.628. The van der Waals surface area contributed by atoms with Gasteiger partial charge in [-0.25, -0.2) is 0 Å². The molecule has 0 unspecified atom stereocenters. The van der Waals surface area contributed by atoms with E-state index in [0.717, 1.165) is 19.3 Å². The lowest BCUT2D eigenvalue weighted by Gasteiger charge is -2.23. The number of benzene rings is 1. The van der Waals surface area contributed by atoms with Gasteiger partial charge in [-0.15, -0.1) is 0 Å². The number of nitriles is 1. The van der Waals surface area contributed by atoms with Crippen LogP contribution in [-0.2, 0) is 4.79 Å². The van der Waals surface area contributed by atoms with E-state index in [1.807, 2.05) is 15.9 Å². The van der Waals surface area contributed by atoms with Gasteiger partial charge < -0.3 is 9.80 Å². The van der Waals surface area contributed by atoms with Crippen molar-refractivity contribution in [2.45, 2.75) is 19.3 Å². The lowest BCUT2D eigenvalue weighted by atomic mass is 10.1. The van der Waals surface area contributed by atoms with Crippen molar-refractivity contribution < 1.29 is 9.72 Å². The summed E-state index contributed by atoms with van der Waals surface area (Å²) in [5.74, 6) is 0.423. The van der Waals surface area contributed by atoms with E-state index in [1.54, 1.807) is 12.1 Å². The molecular weight excluding hydrogens is 296 g/mol. The number of rotatable bonds is 3. The lowest BCUT2D eigenvalue weighted by molar-refractivity contribution is -0.384. The zero-order valence-corrected chi connectivity index (χ0v) is 12.8. The number of carbonyl (C=O) groups is 1. The van der Waals surface area contributed by atoms with Gasteiger partial charge in [-0.3, -0.25) is 14.9 Å². The minimum Gasteiger partial charge on any atom is -0.364 e. The van der Waals surface area contributed by atoms with Gasteiger partial charge in [-0.05, 0) is 31.4 Å². The Bertz CT molecular complexity index is 678. The Morgan fingerprint density at radius 2 is 2.04 bits per heavy atom. The van der Waals surface area contributed by atoms with E-state index in [4.69, 9.17) is 5.26 Å². The number of hydrogen-bond acceptors (Lipinski definition) is 5. The van der Waals surface area contributed by atoms with Crippen LogP contribution in [0.5, 0.6) is 0 Å². The third-order valence-corrected chi connectivity index (χ3v) is 4.38. The SMILES string of the molecule is N#Cc1ccc(N2CCCN(C(=O)C3CC3)CC2)c([N+](=O)[O-])c1. The van der Waals surface area contributed by atoms with Crippen molar-refractivity contribution in [2.24, 2.45) is 5.92 Å². The van der Waals surface area contributed by atoms with Gasteiger partial charge in [-0.1, -0.05) is 0 Å². The molecular formula is C16H18N4O3. The van der Waals surface area contributed by atoms with E-state index >= 15 is 0 Å². The van der Waals surface area contributed by atoms with E-state index in [9.17, 15) is 14.9 Å². The van der Waals surface area contributed by atoms with Gasteiger partial charge in [0.05, 0.1) is 16.6 Å². The molecule has 1 aromatic carbocycles. The fourth-order valence-corrected chi connectivity index (χ4v) is 2.97. The largest absolute Gasteiger partial charge is 0.364 e. The van der Waals surface area contributed by atoms with E-state index in [2.05, 4.69) is 0 Å². The summed E-state index contributed by atoms with van der Waals surface area (Å²) in [6, 6.07) is 6.47. The van der Waals surface area contributed by atoms with Gasteiger partial charge in [0.25, 0.3) is 5.69 Å². The second kappa shape index (κ2) is 6.24. The molecule has 7 nitrogen and oxygen atoms in total. The summed E-state index contributed by atoms with van der Waals surface area (Å²) in [6.07, 6.45) is 2.76. The summed E-state index contributed by atoms with van der Waals surface area (Å²) in [5.41, 5.74) is 0.751. The Labute approximate surface area is 134 Å². The van der Waals surface area contributed by atoms with Crippen LogP contribution < -0.4 is 4.90 Å². The normalized spacial score (nSPS) is 18.2. The summed E-state index contributed by atoms with van der Waals surface area (Å²) >= 11 is 0. The van der Waals surface area contributed by atoms with Crippen molar-refractivity contribution in [3.63, 3.8) is 0 Å². The molecule has 1 aromatic rings. The van der Waals surface area contributed by atoms with Crippen LogP contribution in [0.2, 0.25) is 0 Å². The van der Waals surface area contributed by atoms with Crippen LogP contribution in [-0.4, -0.2) is 41.9 Å². The van der Waals surface area contributed by atoms with Gasteiger partial charge in [0.15, 0.2) is 0 Å². The molecule has 0 radical (unpaired) electrons. The van der Waals surface area contributed by atoms with Crippen LogP contribution in [0.1, 0.15) is 24.8 Å². The second-order valence-electron chi connectivity index (χ2n) is 6.01. The first-order chi connectivity index (χ1) is 11.1. The molecule has 7 heteroatoms. The number of nitro benzene ring substituents is 1. The molecule has 0 aromatic heterocycles. The van der Waals surface area contributed by atoms with Crippen molar-refractivity contribution in [1.82, 2.24) is 4.90 Å². The van der Waals surface area contributed by atoms with Crippen molar-refractivity contribution in [2.75, 3.05) is 31.1 Å². The first-order valence-corrected chi connectivity index (χ1v) is 7.82. The molecule has 0 bridgehead atoms. The molecule has 1 heterocycles. The van der Waals surface area contributed by atoms with Gasteiger partial charge in [0.1, 0.15) is 5.69 Å². The monoisotopic (exact) mass is 314 g/mol. The van der Waals surface area contributed by atoms with Crippen LogP contribution >= 0.6 is 0 Å². The van der Waals surface area contributed by atoms with Crippen molar-refractivity contribution in [1.29, 1.82) is 5.26 Å². The van der Waals surface area contributed by atoms with Gasteiger partial charge in [0, 0.05) is 38.2 Å². The van der Waals surface area contributed by atoms with Crippen LogP contribution in [0.3, 0.4) is 0 Å². The minimum absolute atomic E-state index is 0.0500. The number of hydrogen-bond donors (Lipinski definition) is 0. The summed E-state index contributed by atoms with van der Waals surface area (Å²) in [6.45, 7) is 2.54. The molecule has 0 atom stereocenters. The Morgan fingerprint density at radius 3 is 2.70 bits per heavy atom. The fourth-order valence-electron chi connectivity index (χ4n) is 2.97. The van der Waals surface area contributed by atoms with E-state index in [-0.39, 0.29) is 23.1 Å². The number of carbonyl (C=O) groups excluding carboxylic acids is 1. The number of amides is 1. The van der Waals surface area contributed by atoms with E-state index in [1.165, 1.54) is 6.07 Å². The molecule has 2 fully saturated rings. The summed E-state index contributed by atoms with van der Waals surface area (Å²) < 4.78 is 0. The Morgan fingerprint density at radius 1 is 1.26 bits per heavy atom. The van der Waals surface area contributed by atoms with Crippen LogP contribution in [0.15, 0.2) is 18.2 Å². The fraction of sp³-hybridized carbons (Fsp3) is 0.500. The Hall–Kier alpha value is -2.62. The molecule has 1 saturated heterocycles. The number of anilines is 1. The minimum atomic E-state index is -0.450. The first kappa shape index (κ1) is 15.3. The third-order valence-electron chi connectivity index (χ3n) is 4.38. The van der Waals surface area contributed by atoms with Gasteiger partial charge >= 0.3 is 0 Å². The molecule has 2 aliphatic rings. The van der Waals surface area contributed by atoms with Crippen LogP contribution in [0, 0.1) is 27.4 Å². The van der Waals surface area contributed by atoms with Gasteiger partial charge in [0.2, 0.25) is 5.91 Å². The number of nitro groups is 1. The van der Waals surface area contributed by atoms with Crippen molar-refractivity contribution in [3.8, 4) is 6.07 Å². The Kier molecular flexibility index (Phi) is 4.15. The smallest absolute Gasteiger partial charge is 0.293 e. The maximum absolute atomic E-state index is 12.2. The third kappa shape index (κ3) is 3.26. The van der Waals surface area contributed by atoms with E-state index < -0.39 is 4.92 Å². The molecule has 23 heavy (non-hydrogen) atoms. The summed E-state index contributed by atoms with van der Waals surface area (Å²) in [7, 11) is 0. The predicted octanol–water partition coefficient (Wildman–Crippen LogP) is 1.92.